The van der Waals surface area contributed by atoms with E-state index in [-0.39, 0.29) is 0 Å². The molecule has 0 aliphatic heterocycles. The Kier molecular flexibility index (Phi) is 5.32. The summed E-state index contributed by atoms with van der Waals surface area (Å²) in [5.41, 5.74) is -4.57. The molecule has 2 fully saturated rings. The molecule has 3 rings (SSSR count). The number of hydrogen-bond donors (Lipinski definition) is 1. The minimum absolute atomic E-state index is 0.329. The fourth-order valence-electron chi connectivity index (χ4n) is 4.31. The van der Waals surface area contributed by atoms with Gasteiger partial charge >= 0.3 is 5.51 Å². The topological polar surface area (TPSA) is 46.2 Å². The number of alkyl halides is 3. The predicted molar refractivity (Wildman–Crippen MR) is 91.0 cm³/mol. The van der Waals surface area contributed by atoms with E-state index in [1.807, 2.05) is 0 Å². The SMILES string of the molecule is O=S(=O)(c1ccc(NC(C2CCCC2)C2CCCC2)cc1)C(F)(F)F. The standard InChI is InChI=1S/C18H24F3NO2S/c19-18(20,21)25(23,24)16-11-9-15(10-12-16)22-17(13-5-1-2-6-13)14-7-3-4-8-14/h9-14,17,22H,1-8H2. The summed E-state index contributed by atoms with van der Waals surface area (Å²) in [6.07, 6.45) is 9.69. The summed E-state index contributed by atoms with van der Waals surface area (Å²) < 4.78 is 60.8. The average Bonchev–Trinajstić information content (AvgIpc) is 3.26. The van der Waals surface area contributed by atoms with Crippen molar-refractivity contribution >= 4 is 15.5 Å². The molecule has 0 amide bonds. The number of benzene rings is 1. The summed E-state index contributed by atoms with van der Waals surface area (Å²) in [4.78, 5) is -0.705. The maximum absolute atomic E-state index is 12.6. The fourth-order valence-corrected chi connectivity index (χ4v) is 5.07. The fraction of sp³-hybridized carbons (Fsp3) is 0.667. The van der Waals surface area contributed by atoms with E-state index >= 15 is 0 Å². The highest BCUT2D eigenvalue weighted by molar-refractivity contribution is 7.92. The molecule has 0 heterocycles. The quantitative estimate of drug-likeness (QED) is 0.775. The molecule has 0 unspecified atom stereocenters. The lowest BCUT2D eigenvalue weighted by atomic mass is 9.85. The molecule has 0 saturated heterocycles. The molecule has 0 atom stereocenters. The lowest BCUT2D eigenvalue weighted by Gasteiger charge is -2.31. The molecule has 2 saturated carbocycles. The van der Waals surface area contributed by atoms with Crippen molar-refractivity contribution in [3.63, 3.8) is 0 Å². The van der Waals surface area contributed by atoms with E-state index in [2.05, 4.69) is 5.32 Å². The van der Waals surface area contributed by atoms with E-state index in [4.69, 9.17) is 0 Å². The van der Waals surface area contributed by atoms with Gasteiger partial charge in [-0.15, -0.1) is 0 Å². The third-order valence-electron chi connectivity index (χ3n) is 5.62. The van der Waals surface area contributed by atoms with Gasteiger partial charge in [0, 0.05) is 11.7 Å². The summed E-state index contributed by atoms with van der Waals surface area (Å²) in [6.45, 7) is 0. The molecule has 1 aromatic carbocycles. The maximum Gasteiger partial charge on any atom is 0.501 e. The molecular weight excluding hydrogens is 351 g/mol. The summed E-state index contributed by atoms with van der Waals surface area (Å²) in [5, 5.41) is 3.50. The minimum Gasteiger partial charge on any atom is -0.382 e. The van der Waals surface area contributed by atoms with E-state index in [1.54, 1.807) is 0 Å². The zero-order valence-electron chi connectivity index (χ0n) is 14.1. The Morgan fingerprint density at radius 1 is 0.880 bits per heavy atom. The highest BCUT2D eigenvalue weighted by Crippen LogP contribution is 2.39. The van der Waals surface area contributed by atoms with Crippen LogP contribution in [0.4, 0.5) is 18.9 Å². The molecule has 2 aliphatic rings. The van der Waals surface area contributed by atoms with Gasteiger partial charge in [0.05, 0.1) is 4.90 Å². The molecule has 0 aromatic heterocycles. The molecule has 1 N–H and O–H groups in total. The van der Waals surface area contributed by atoms with Crippen molar-refractivity contribution < 1.29 is 21.6 Å². The van der Waals surface area contributed by atoms with Crippen molar-refractivity contribution in [3.8, 4) is 0 Å². The number of nitrogens with one attached hydrogen (secondary N) is 1. The largest absolute Gasteiger partial charge is 0.501 e. The van der Waals surface area contributed by atoms with Gasteiger partial charge in [-0.3, -0.25) is 0 Å². The lowest BCUT2D eigenvalue weighted by molar-refractivity contribution is -0.0436. The van der Waals surface area contributed by atoms with Crippen LogP contribution in [0.15, 0.2) is 29.2 Å². The molecule has 3 nitrogen and oxygen atoms in total. The van der Waals surface area contributed by atoms with Gasteiger partial charge in [0.1, 0.15) is 0 Å². The second kappa shape index (κ2) is 7.17. The van der Waals surface area contributed by atoms with Crippen LogP contribution in [0.25, 0.3) is 0 Å². The molecule has 0 bridgehead atoms. The van der Waals surface area contributed by atoms with Crippen LogP contribution in [0.3, 0.4) is 0 Å². The van der Waals surface area contributed by atoms with Crippen molar-refractivity contribution in [1.82, 2.24) is 0 Å². The van der Waals surface area contributed by atoms with Gasteiger partial charge in [0.25, 0.3) is 9.84 Å². The van der Waals surface area contributed by atoms with Crippen LogP contribution in [0, 0.1) is 11.8 Å². The Hall–Kier alpha value is -1.24. The minimum atomic E-state index is -5.28. The first-order valence-electron chi connectivity index (χ1n) is 8.97. The van der Waals surface area contributed by atoms with E-state index in [9.17, 15) is 21.6 Å². The van der Waals surface area contributed by atoms with Crippen LogP contribution in [0.2, 0.25) is 0 Å². The van der Waals surface area contributed by atoms with Crippen LogP contribution < -0.4 is 5.32 Å². The van der Waals surface area contributed by atoms with Gasteiger partial charge in [0.2, 0.25) is 0 Å². The van der Waals surface area contributed by atoms with Gasteiger partial charge in [-0.2, -0.15) is 13.2 Å². The van der Waals surface area contributed by atoms with Crippen molar-refractivity contribution in [3.05, 3.63) is 24.3 Å². The van der Waals surface area contributed by atoms with Crippen molar-refractivity contribution in [2.75, 3.05) is 5.32 Å². The summed E-state index contributed by atoms with van der Waals surface area (Å²) in [5.74, 6) is 1.20. The Morgan fingerprint density at radius 3 is 1.72 bits per heavy atom. The first-order chi connectivity index (χ1) is 11.8. The van der Waals surface area contributed by atoms with Crippen molar-refractivity contribution in [1.29, 1.82) is 0 Å². The molecular formula is C18H24F3NO2S. The van der Waals surface area contributed by atoms with E-state index < -0.39 is 20.2 Å². The molecule has 140 valence electrons. The zero-order chi connectivity index (χ0) is 18.1. The number of sulfone groups is 1. The van der Waals surface area contributed by atoms with Crippen LogP contribution in [-0.2, 0) is 9.84 Å². The Labute approximate surface area is 146 Å². The van der Waals surface area contributed by atoms with Crippen LogP contribution >= 0.6 is 0 Å². The van der Waals surface area contributed by atoms with Gasteiger partial charge in [-0.05, 0) is 61.8 Å². The molecule has 2 aliphatic carbocycles. The number of rotatable bonds is 5. The average molecular weight is 375 g/mol. The Balaban J connectivity index is 1.76. The third-order valence-corrected chi connectivity index (χ3v) is 7.12. The second-order valence-corrected chi connectivity index (χ2v) is 9.17. The number of anilines is 1. The number of hydrogen-bond acceptors (Lipinski definition) is 3. The molecule has 1 aromatic rings. The Bertz CT molecular complexity index is 657. The summed E-state index contributed by atoms with van der Waals surface area (Å²) in [7, 11) is -5.28. The summed E-state index contributed by atoms with van der Waals surface area (Å²) >= 11 is 0. The lowest BCUT2D eigenvalue weighted by Crippen LogP contribution is -2.34. The molecule has 0 radical (unpaired) electrons. The highest BCUT2D eigenvalue weighted by Gasteiger charge is 2.46. The maximum atomic E-state index is 12.6. The monoisotopic (exact) mass is 375 g/mol. The smallest absolute Gasteiger partial charge is 0.382 e. The van der Waals surface area contributed by atoms with Crippen molar-refractivity contribution in [2.45, 2.75) is 67.8 Å². The first-order valence-corrected chi connectivity index (χ1v) is 10.5. The summed E-state index contributed by atoms with van der Waals surface area (Å²) in [6, 6.07) is 5.33. The van der Waals surface area contributed by atoms with Crippen LogP contribution in [0.5, 0.6) is 0 Å². The van der Waals surface area contributed by atoms with Crippen LogP contribution in [0.1, 0.15) is 51.4 Å². The van der Waals surface area contributed by atoms with Gasteiger partial charge in [-0.25, -0.2) is 8.42 Å². The van der Waals surface area contributed by atoms with Crippen molar-refractivity contribution in [2.24, 2.45) is 11.8 Å². The first kappa shape index (κ1) is 18.5. The third kappa shape index (κ3) is 3.96. The van der Waals surface area contributed by atoms with Gasteiger partial charge in [0.15, 0.2) is 0 Å². The van der Waals surface area contributed by atoms with E-state index in [0.717, 1.165) is 12.1 Å². The predicted octanol–water partition coefficient (Wildman–Crippen LogP) is 5.14. The highest BCUT2D eigenvalue weighted by atomic mass is 32.2. The molecule has 7 heteroatoms. The van der Waals surface area contributed by atoms with Gasteiger partial charge < -0.3 is 5.32 Å². The van der Waals surface area contributed by atoms with Gasteiger partial charge in [-0.1, -0.05) is 25.7 Å². The Morgan fingerprint density at radius 2 is 1.32 bits per heavy atom. The number of halogens is 3. The molecule has 0 spiro atoms. The molecule has 25 heavy (non-hydrogen) atoms. The van der Waals surface area contributed by atoms with Crippen LogP contribution in [-0.4, -0.2) is 20.0 Å². The second-order valence-electron chi connectivity index (χ2n) is 7.23. The van der Waals surface area contributed by atoms with E-state index in [0.29, 0.717) is 23.6 Å². The zero-order valence-corrected chi connectivity index (χ0v) is 14.9. The van der Waals surface area contributed by atoms with E-state index in [1.165, 1.54) is 63.5 Å². The normalized spacial score (nSPS) is 20.5.